The molecular formula is C21H23N5O4. The molecule has 0 aliphatic carbocycles. The van der Waals surface area contributed by atoms with Crippen LogP contribution in [0.15, 0.2) is 48.5 Å². The van der Waals surface area contributed by atoms with E-state index >= 15 is 0 Å². The van der Waals surface area contributed by atoms with Crippen LogP contribution in [0.5, 0.6) is 0 Å². The van der Waals surface area contributed by atoms with Crippen LogP contribution in [0.2, 0.25) is 0 Å². The van der Waals surface area contributed by atoms with E-state index in [4.69, 9.17) is 0 Å². The molecule has 0 spiro atoms. The molecule has 0 bridgehead atoms. The number of amides is 5. The summed E-state index contributed by atoms with van der Waals surface area (Å²) in [6.45, 7) is 2.23. The van der Waals surface area contributed by atoms with Gasteiger partial charge in [0.15, 0.2) is 0 Å². The maximum atomic E-state index is 12.6. The summed E-state index contributed by atoms with van der Waals surface area (Å²) in [7, 11) is 0. The Bertz CT molecular complexity index is 975. The number of hydrogen-bond acceptors (Lipinski definition) is 4. The topological polar surface area (TPSA) is 120 Å². The van der Waals surface area contributed by atoms with E-state index < -0.39 is 0 Å². The number of anilines is 4. The molecule has 0 fully saturated rings. The first-order valence-electron chi connectivity index (χ1n) is 9.60. The van der Waals surface area contributed by atoms with Crippen molar-refractivity contribution in [2.75, 3.05) is 33.9 Å². The zero-order chi connectivity index (χ0) is 21.5. The molecule has 1 aliphatic rings. The Hall–Kier alpha value is -3.88. The van der Waals surface area contributed by atoms with Gasteiger partial charge in [0.2, 0.25) is 17.7 Å². The largest absolute Gasteiger partial charge is 0.338 e. The average molecular weight is 409 g/mol. The van der Waals surface area contributed by atoms with Crippen LogP contribution in [0, 0.1) is 0 Å². The lowest BCUT2D eigenvalue weighted by Crippen LogP contribution is -2.42. The van der Waals surface area contributed by atoms with E-state index in [2.05, 4.69) is 21.3 Å². The van der Waals surface area contributed by atoms with Gasteiger partial charge < -0.3 is 26.2 Å². The van der Waals surface area contributed by atoms with E-state index in [0.717, 1.165) is 0 Å². The number of rotatable bonds is 6. The van der Waals surface area contributed by atoms with Gasteiger partial charge in [-0.1, -0.05) is 18.2 Å². The number of para-hydroxylation sites is 2. The molecule has 4 N–H and O–H groups in total. The van der Waals surface area contributed by atoms with E-state index in [1.54, 1.807) is 48.5 Å². The van der Waals surface area contributed by atoms with E-state index in [9.17, 15) is 19.2 Å². The van der Waals surface area contributed by atoms with Crippen LogP contribution in [0.1, 0.15) is 19.8 Å². The van der Waals surface area contributed by atoms with Crippen molar-refractivity contribution in [2.24, 2.45) is 0 Å². The highest BCUT2D eigenvalue weighted by Gasteiger charge is 2.26. The van der Waals surface area contributed by atoms with Crippen molar-refractivity contribution in [1.82, 2.24) is 5.32 Å². The van der Waals surface area contributed by atoms with Crippen LogP contribution in [0.25, 0.3) is 0 Å². The van der Waals surface area contributed by atoms with Gasteiger partial charge in [-0.15, -0.1) is 0 Å². The average Bonchev–Trinajstić information content (AvgIpc) is 2.71. The minimum absolute atomic E-state index is 0.0346. The molecule has 156 valence electrons. The fourth-order valence-corrected chi connectivity index (χ4v) is 3.05. The molecule has 1 heterocycles. The summed E-state index contributed by atoms with van der Waals surface area (Å²) in [5, 5.41) is 10.7. The fourth-order valence-electron chi connectivity index (χ4n) is 3.05. The maximum absolute atomic E-state index is 12.6. The molecule has 0 saturated carbocycles. The highest BCUT2D eigenvalue weighted by atomic mass is 16.2. The smallest absolute Gasteiger partial charge is 0.319 e. The van der Waals surface area contributed by atoms with Crippen molar-refractivity contribution in [3.63, 3.8) is 0 Å². The number of benzene rings is 2. The molecule has 1 aliphatic heterocycles. The summed E-state index contributed by atoms with van der Waals surface area (Å²) < 4.78 is 0. The van der Waals surface area contributed by atoms with Gasteiger partial charge in [0.1, 0.15) is 6.54 Å². The number of hydrogen-bond donors (Lipinski definition) is 4. The molecule has 0 aromatic heterocycles. The first-order chi connectivity index (χ1) is 14.5. The van der Waals surface area contributed by atoms with Crippen molar-refractivity contribution in [2.45, 2.75) is 19.8 Å². The van der Waals surface area contributed by atoms with Gasteiger partial charge in [-0.2, -0.15) is 0 Å². The molecule has 0 atom stereocenters. The lowest BCUT2D eigenvalue weighted by molar-refractivity contribution is -0.124. The standard InChI is InChI=1S/C21H23N5O4/c1-2-22-21(30)24-15-7-5-6-14(12-15)23-18(27)10-11-20(29)26-13-19(28)25-16-8-3-4-9-17(16)26/h3-9,12H,2,10-11,13H2,1H3,(H,23,27)(H,25,28)(H2,22,24,30). The Balaban J connectivity index is 1.56. The third kappa shape index (κ3) is 5.34. The molecule has 0 radical (unpaired) electrons. The maximum Gasteiger partial charge on any atom is 0.319 e. The summed E-state index contributed by atoms with van der Waals surface area (Å²) in [5.74, 6) is -0.921. The van der Waals surface area contributed by atoms with E-state index in [1.165, 1.54) is 4.90 Å². The zero-order valence-electron chi connectivity index (χ0n) is 16.5. The summed E-state index contributed by atoms with van der Waals surface area (Å²) in [6, 6.07) is 13.4. The van der Waals surface area contributed by atoms with Crippen molar-refractivity contribution in [1.29, 1.82) is 0 Å². The quantitative estimate of drug-likeness (QED) is 0.586. The summed E-state index contributed by atoms with van der Waals surface area (Å²) >= 11 is 0. The molecule has 9 heteroatoms. The first kappa shape index (κ1) is 20.8. The van der Waals surface area contributed by atoms with Crippen molar-refractivity contribution in [3.8, 4) is 0 Å². The second-order valence-electron chi connectivity index (χ2n) is 6.66. The molecule has 30 heavy (non-hydrogen) atoms. The summed E-state index contributed by atoms with van der Waals surface area (Å²) in [6.07, 6.45) is -0.0720. The second-order valence-corrected chi connectivity index (χ2v) is 6.66. The van der Waals surface area contributed by atoms with Crippen LogP contribution >= 0.6 is 0 Å². The number of urea groups is 1. The number of carbonyl (C=O) groups excluding carboxylic acids is 4. The SMILES string of the molecule is CCNC(=O)Nc1cccc(NC(=O)CCC(=O)N2CC(=O)Nc3ccccc32)c1. The minimum atomic E-state index is -0.340. The lowest BCUT2D eigenvalue weighted by atomic mass is 10.1. The van der Waals surface area contributed by atoms with Crippen molar-refractivity contribution < 1.29 is 19.2 Å². The van der Waals surface area contributed by atoms with E-state index in [-0.39, 0.29) is 43.1 Å². The molecule has 0 saturated heterocycles. The van der Waals surface area contributed by atoms with Crippen LogP contribution in [0.3, 0.4) is 0 Å². The van der Waals surface area contributed by atoms with E-state index in [1.807, 2.05) is 6.92 Å². The Morgan fingerprint density at radius 1 is 1.00 bits per heavy atom. The predicted octanol–water partition coefficient (Wildman–Crippen LogP) is 2.53. The van der Waals surface area contributed by atoms with Crippen LogP contribution < -0.4 is 26.2 Å². The van der Waals surface area contributed by atoms with Gasteiger partial charge >= 0.3 is 6.03 Å². The van der Waals surface area contributed by atoms with Gasteiger partial charge in [0.05, 0.1) is 11.4 Å². The monoisotopic (exact) mass is 409 g/mol. The Morgan fingerprint density at radius 2 is 1.73 bits per heavy atom. The van der Waals surface area contributed by atoms with Gasteiger partial charge in [0, 0.05) is 30.8 Å². The molecule has 9 nitrogen and oxygen atoms in total. The third-order valence-corrected chi connectivity index (χ3v) is 4.38. The lowest BCUT2D eigenvalue weighted by Gasteiger charge is -2.29. The number of nitrogens with zero attached hydrogens (tertiary/aromatic N) is 1. The van der Waals surface area contributed by atoms with Gasteiger partial charge in [-0.25, -0.2) is 4.79 Å². The molecular weight excluding hydrogens is 386 g/mol. The van der Waals surface area contributed by atoms with Crippen LogP contribution in [-0.2, 0) is 14.4 Å². The minimum Gasteiger partial charge on any atom is -0.338 e. The Morgan fingerprint density at radius 3 is 2.50 bits per heavy atom. The number of carbonyl (C=O) groups is 4. The normalized spacial score (nSPS) is 12.4. The fraction of sp³-hybridized carbons (Fsp3) is 0.238. The summed E-state index contributed by atoms with van der Waals surface area (Å²) in [5.41, 5.74) is 2.23. The molecule has 0 unspecified atom stereocenters. The van der Waals surface area contributed by atoms with Crippen LogP contribution in [-0.4, -0.2) is 36.8 Å². The molecule has 2 aromatic rings. The van der Waals surface area contributed by atoms with Gasteiger partial charge in [-0.3, -0.25) is 14.4 Å². The van der Waals surface area contributed by atoms with Gasteiger partial charge in [-0.05, 0) is 37.3 Å². The van der Waals surface area contributed by atoms with Crippen LogP contribution in [0.4, 0.5) is 27.5 Å². The van der Waals surface area contributed by atoms with Crippen molar-refractivity contribution >= 4 is 46.5 Å². The van der Waals surface area contributed by atoms with Gasteiger partial charge in [0.25, 0.3) is 0 Å². The van der Waals surface area contributed by atoms with Crippen molar-refractivity contribution in [3.05, 3.63) is 48.5 Å². The second kappa shape index (κ2) is 9.55. The molecule has 2 aromatic carbocycles. The summed E-state index contributed by atoms with van der Waals surface area (Å²) in [4.78, 5) is 49.7. The predicted molar refractivity (Wildman–Crippen MR) is 114 cm³/mol. The Kier molecular flexibility index (Phi) is 6.63. The molecule has 3 rings (SSSR count). The number of fused-ring (bicyclic) bond motifs is 1. The van der Waals surface area contributed by atoms with E-state index in [0.29, 0.717) is 29.3 Å². The first-order valence-corrected chi connectivity index (χ1v) is 9.60. The Labute approximate surface area is 173 Å². The zero-order valence-corrected chi connectivity index (χ0v) is 16.5. The highest BCUT2D eigenvalue weighted by Crippen LogP contribution is 2.29. The highest BCUT2D eigenvalue weighted by molar-refractivity contribution is 6.10. The third-order valence-electron chi connectivity index (χ3n) is 4.38. The molecule has 5 amide bonds. The number of nitrogens with one attached hydrogen (secondary N) is 4.